The second-order valence-corrected chi connectivity index (χ2v) is 10.1. The van der Waals surface area contributed by atoms with Crippen molar-refractivity contribution in [1.82, 2.24) is 0 Å². The number of aryl methyl sites for hydroxylation is 1. The van der Waals surface area contributed by atoms with Crippen LogP contribution in [0.3, 0.4) is 0 Å². The van der Waals surface area contributed by atoms with E-state index in [0.717, 1.165) is 37.0 Å². The maximum absolute atomic E-state index is 13.4. The van der Waals surface area contributed by atoms with Crippen molar-refractivity contribution in [1.29, 1.82) is 0 Å². The largest absolute Gasteiger partial charge is 0.416 e. The SMILES string of the molecule is CCCCc1ccc(NC(=O)CN(c2cc(C(F)(F)F)ccc2Cl)S(=O)(=O)c2ccccc2)cc1. The van der Waals surface area contributed by atoms with E-state index in [1.807, 2.05) is 12.1 Å². The van der Waals surface area contributed by atoms with Crippen molar-refractivity contribution >= 4 is 38.9 Å². The lowest BCUT2D eigenvalue weighted by molar-refractivity contribution is -0.137. The molecule has 0 spiro atoms. The first-order chi connectivity index (χ1) is 16.5. The number of benzene rings is 3. The van der Waals surface area contributed by atoms with Crippen LogP contribution in [0.2, 0.25) is 5.02 Å². The standard InChI is InChI=1S/C25H24ClF3N2O3S/c1-2-3-7-18-10-13-20(14-11-18)30-24(32)17-31(35(33,34)21-8-5-4-6-9-21)23-16-19(25(27,28)29)12-15-22(23)26/h4-6,8-16H,2-3,7,17H2,1H3,(H,30,32). The first kappa shape index (κ1) is 26.6. The van der Waals surface area contributed by atoms with Crippen molar-refractivity contribution in [3.63, 3.8) is 0 Å². The summed E-state index contributed by atoms with van der Waals surface area (Å²) in [5.41, 5.74) is -0.0139. The molecule has 1 N–H and O–H groups in total. The lowest BCUT2D eigenvalue weighted by atomic mass is 10.1. The zero-order chi connectivity index (χ0) is 25.6. The summed E-state index contributed by atoms with van der Waals surface area (Å²) in [4.78, 5) is 12.6. The Balaban J connectivity index is 1.95. The van der Waals surface area contributed by atoms with Crippen LogP contribution >= 0.6 is 11.6 Å². The number of nitrogens with zero attached hydrogens (tertiary/aromatic N) is 1. The van der Waals surface area contributed by atoms with Crippen LogP contribution in [0.25, 0.3) is 0 Å². The Labute approximate surface area is 207 Å². The van der Waals surface area contributed by atoms with Crippen LogP contribution in [-0.4, -0.2) is 20.9 Å². The minimum absolute atomic E-state index is 0.193. The average Bonchev–Trinajstić information content (AvgIpc) is 2.82. The van der Waals surface area contributed by atoms with Crippen molar-refractivity contribution in [3.8, 4) is 0 Å². The van der Waals surface area contributed by atoms with E-state index in [-0.39, 0.29) is 9.92 Å². The number of halogens is 4. The monoisotopic (exact) mass is 524 g/mol. The smallest absolute Gasteiger partial charge is 0.325 e. The van der Waals surface area contributed by atoms with Crippen LogP contribution < -0.4 is 9.62 Å². The molecule has 5 nitrogen and oxygen atoms in total. The molecule has 0 aliphatic carbocycles. The van der Waals surface area contributed by atoms with E-state index in [2.05, 4.69) is 12.2 Å². The van der Waals surface area contributed by atoms with Gasteiger partial charge in [0.2, 0.25) is 5.91 Å². The van der Waals surface area contributed by atoms with Gasteiger partial charge in [0.15, 0.2) is 0 Å². The fourth-order valence-corrected chi connectivity index (χ4v) is 5.09. The predicted molar refractivity (Wildman–Crippen MR) is 131 cm³/mol. The van der Waals surface area contributed by atoms with Gasteiger partial charge in [0, 0.05) is 5.69 Å². The third-order valence-corrected chi connectivity index (χ3v) is 7.31. The van der Waals surface area contributed by atoms with Gasteiger partial charge in [-0.15, -0.1) is 0 Å². The van der Waals surface area contributed by atoms with Crippen molar-refractivity contribution < 1.29 is 26.4 Å². The van der Waals surface area contributed by atoms with Crippen molar-refractivity contribution in [3.05, 3.63) is 88.9 Å². The maximum atomic E-state index is 13.4. The zero-order valence-electron chi connectivity index (χ0n) is 18.8. The molecule has 3 rings (SSSR count). The van der Waals surface area contributed by atoms with E-state index in [9.17, 15) is 26.4 Å². The molecular formula is C25H24ClF3N2O3S. The van der Waals surface area contributed by atoms with E-state index in [4.69, 9.17) is 11.6 Å². The Morgan fingerprint density at radius 1 is 1.00 bits per heavy atom. The highest BCUT2D eigenvalue weighted by molar-refractivity contribution is 7.92. The quantitative estimate of drug-likeness (QED) is 0.346. The minimum atomic E-state index is -4.73. The first-order valence-electron chi connectivity index (χ1n) is 10.9. The van der Waals surface area contributed by atoms with Crippen LogP contribution in [0.15, 0.2) is 77.7 Å². The van der Waals surface area contributed by atoms with Gasteiger partial charge in [-0.25, -0.2) is 8.42 Å². The third kappa shape index (κ3) is 6.76. The van der Waals surface area contributed by atoms with Crippen LogP contribution in [0.4, 0.5) is 24.5 Å². The molecule has 0 aromatic heterocycles. The number of unbranched alkanes of at least 4 members (excludes halogenated alkanes) is 1. The number of sulfonamides is 1. The highest BCUT2D eigenvalue weighted by atomic mass is 35.5. The molecule has 0 saturated heterocycles. The van der Waals surface area contributed by atoms with Crippen molar-refractivity contribution in [2.75, 3.05) is 16.2 Å². The van der Waals surface area contributed by atoms with Gasteiger partial charge in [-0.2, -0.15) is 13.2 Å². The second-order valence-electron chi connectivity index (χ2n) is 7.84. The molecule has 3 aromatic carbocycles. The fraction of sp³-hybridized carbons (Fsp3) is 0.240. The van der Waals surface area contributed by atoms with Crippen LogP contribution in [0.1, 0.15) is 30.9 Å². The van der Waals surface area contributed by atoms with Gasteiger partial charge in [-0.1, -0.05) is 55.3 Å². The van der Waals surface area contributed by atoms with Gasteiger partial charge in [0.05, 0.1) is 21.2 Å². The van der Waals surface area contributed by atoms with Crippen LogP contribution in [-0.2, 0) is 27.4 Å². The van der Waals surface area contributed by atoms with E-state index in [1.165, 1.54) is 24.3 Å². The van der Waals surface area contributed by atoms with Crippen molar-refractivity contribution in [2.45, 2.75) is 37.3 Å². The Morgan fingerprint density at radius 2 is 1.66 bits per heavy atom. The van der Waals surface area contributed by atoms with E-state index in [1.54, 1.807) is 18.2 Å². The summed E-state index contributed by atoms with van der Waals surface area (Å²) < 4.78 is 67.4. The lowest BCUT2D eigenvalue weighted by Crippen LogP contribution is -2.38. The molecule has 3 aromatic rings. The molecule has 0 radical (unpaired) electrons. The minimum Gasteiger partial charge on any atom is -0.325 e. The second kappa shape index (κ2) is 11.1. The highest BCUT2D eigenvalue weighted by Gasteiger charge is 2.34. The molecule has 0 atom stereocenters. The molecule has 0 aliphatic heterocycles. The predicted octanol–water partition coefficient (Wildman–Crippen LogP) is 6.54. The molecule has 0 unspecified atom stereocenters. The number of rotatable bonds is 9. The van der Waals surface area contributed by atoms with Crippen LogP contribution in [0, 0.1) is 0 Å². The molecule has 0 fully saturated rings. The number of nitrogens with one attached hydrogen (secondary N) is 1. The van der Waals surface area contributed by atoms with Crippen LogP contribution in [0.5, 0.6) is 0 Å². The molecule has 10 heteroatoms. The van der Waals surface area contributed by atoms with E-state index in [0.29, 0.717) is 16.1 Å². The maximum Gasteiger partial charge on any atom is 0.416 e. The first-order valence-corrected chi connectivity index (χ1v) is 12.7. The number of hydrogen-bond acceptors (Lipinski definition) is 3. The Bertz CT molecular complexity index is 1270. The van der Waals surface area contributed by atoms with Crippen molar-refractivity contribution in [2.24, 2.45) is 0 Å². The summed E-state index contributed by atoms with van der Waals surface area (Å²) in [6.45, 7) is 1.30. The number of amides is 1. The molecular weight excluding hydrogens is 501 g/mol. The summed E-state index contributed by atoms with van der Waals surface area (Å²) in [5, 5.41) is 2.36. The normalized spacial score (nSPS) is 11.8. The molecule has 1 amide bonds. The van der Waals surface area contributed by atoms with Gasteiger partial charge < -0.3 is 5.32 Å². The number of carbonyl (C=O) groups excluding carboxylic acids is 1. The summed E-state index contributed by atoms with van der Waals surface area (Å²) in [7, 11) is -4.42. The van der Waals surface area contributed by atoms with Gasteiger partial charge in [-0.3, -0.25) is 9.10 Å². The Kier molecular flexibility index (Phi) is 8.45. The third-order valence-electron chi connectivity index (χ3n) is 5.22. The number of alkyl halides is 3. The molecule has 0 aliphatic rings. The van der Waals surface area contributed by atoms with Gasteiger partial charge in [-0.05, 0) is 60.9 Å². The summed E-state index contributed by atoms with van der Waals surface area (Å²) in [5.74, 6) is -0.737. The lowest BCUT2D eigenvalue weighted by Gasteiger charge is -2.26. The Morgan fingerprint density at radius 3 is 2.26 bits per heavy atom. The van der Waals surface area contributed by atoms with E-state index >= 15 is 0 Å². The topological polar surface area (TPSA) is 66.5 Å². The number of anilines is 2. The summed E-state index contributed by atoms with van der Waals surface area (Å²) in [6.07, 6.45) is -1.77. The Hall–Kier alpha value is -3.04. The molecule has 35 heavy (non-hydrogen) atoms. The highest BCUT2D eigenvalue weighted by Crippen LogP contribution is 2.37. The zero-order valence-corrected chi connectivity index (χ0v) is 20.4. The van der Waals surface area contributed by atoms with E-state index < -0.39 is 39.9 Å². The summed E-state index contributed by atoms with van der Waals surface area (Å²) >= 11 is 6.13. The summed E-state index contributed by atoms with van der Waals surface area (Å²) in [6, 6.07) is 16.5. The van der Waals surface area contributed by atoms with Gasteiger partial charge in [0.1, 0.15) is 6.54 Å². The number of carbonyl (C=O) groups is 1. The molecule has 0 bridgehead atoms. The van der Waals surface area contributed by atoms with Gasteiger partial charge in [0.25, 0.3) is 10.0 Å². The number of hydrogen-bond donors (Lipinski definition) is 1. The van der Waals surface area contributed by atoms with Gasteiger partial charge >= 0.3 is 6.18 Å². The molecule has 0 heterocycles. The molecule has 0 saturated carbocycles. The fourth-order valence-electron chi connectivity index (χ4n) is 3.37. The average molecular weight is 525 g/mol. The molecule has 186 valence electrons.